The number of carbonyl (C=O) groups excluding carboxylic acids is 1. The molecule has 154 valence electrons. The summed E-state index contributed by atoms with van der Waals surface area (Å²) in [5, 5.41) is 7.57. The second-order valence-electron chi connectivity index (χ2n) is 6.45. The molecule has 0 aliphatic carbocycles. The number of para-hydroxylation sites is 1. The molecule has 2 N–H and O–H groups in total. The molecule has 0 bridgehead atoms. The van der Waals surface area contributed by atoms with Crippen molar-refractivity contribution in [2.24, 2.45) is 0 Å². The molecule has 30 heavy (non-hydrogen) atoms. The zero-order chi connectivity index (χ0) is 21.1. The summed E-state index contributed by atoms with van der Waals surface area (Å²) < 4.78 is 17.5. The maximum Gasteiger partial charge on any atom is 0.261 e. The first kappa shape index (κ1) is 19.5. The summed E-state index contributed by atoms with van der Waals surface area (Å²) in [5.41, 5.74) is 1.41. The number of ether oxygens (including phenoxy) is 3. The summed E-state index contributed by atoms with van der Waals surface area (Å²) in [6.45, 7) is 0.760. The van der Waals surface area contributed by atoms with Crippen molar-refractivity contribution in [2.45, 2.75) is 0 Å². The number of aromatic nitrogens is 3. The van der Waals surface area contributed by atoms with E-state index in [0.29, 0.717) is 47.0 Å². The lowest BCUT2D eigenvalue weighted by atomic mass is 10.2. The summed E-state index contributed by atoms with van der Waals surface area (Å²) in [6, 6.07) is 12.1. The second kappa shape index (κ2) is 8.26. The van der Waals surface area contributed by atoms with Gasteiger partial charge in [-0.25, -0.2) is 4.52 Å². The minimum atomic E-state index is -0.413. The smallest absolute Gasteiger partial charge is 0.261 e. The largest absolute Gasteiger partial charge is 0.493 e. The number of H-pyrrole nitrogens is 1. The van der Waals surface area contributed by atoms with Gasteiger partial charge in [0.15, 0.2) is 11.5 Å². The fraction of sp³-hybridized carbons (Fsp3) is 0.190. The fourth-order valence-electron chi connectivity index (χ4n) is 3.14. The number of fused-ring (bicyclic) bond motifs is 3. The van der Waals surface area contributed by atoms with Gasteiger partial charge in [-0.15, -0.1) is 0 Å². The van der Waals surface area contributed by atoms with Gasteiger partial charge in [0, 0.05) is 18.9 Å². The number of aromatic amines is 1. The molecular formula is C21H20N4O5. The Kier molecular flexibility index (Phi) is 5.36. The molecule has 0 spiro atoms. The molecule has 0 aliphatic rings. The minimum absolute atomic E-state index is 0.246. The summed E-state index contributed by atoms with van der Waals surface area (Å²) in [7, 11) is 3.12. The van der Waals surface area contributed by atoms with Crippen molar-refractivity contribution in [1.82, 2.24) is 14.6 Å². The van der Waals surface area contributed by atoms with Crippen molar-refractivity contribution >= 4 is 28.1 Å². The van der Waals surface area contributed by atoms with Crippen molar-refractivity contribution in [1.29, 1.82) is 0 Å². The topological polar surface area (TPSA) is 107 Å². The van der Waals surface area contributed by atoms with Gasteiger partial charge >= 0.3 is 0 Å². The molecule has 0 atom stereocenters. The summed E-state index contributed by atoms with van der Waals surface area (Å²) >= 11 is 0. The molecule has 0 saturated carbocycles. The molecule has 9 nitrogen and oxygen atoms in total. The SMILES string of the molecule is COCCOc1cc(NC(=O)c2cnn3c2[nH]c(=O)c2ccccc23)ccc1OC. The van der Waals surface area contributed by atoms with Crippen molar-refractivity contribution in [3.05, 3.63) is 64.6 Å². The highest BCUT2D eigenvalue weighted by molar-refractivity contribution is 6.08. The van der Waals surface area contributed by atoms with Crippen molar-refractivity contribution in [3.8, 4) is 11.5 Å². The lowest BCUT2D eigenvalue weighted by Gasteiger charge is -2.12. The number of hydrogen-bond donors (Lipinski definition) is 2. The molecule has 2 heterocycles. The number of anilines is 1. The van der Waals surface area contributed by atoms with Gasteiger partial charge in [0.25, 0.3) is 11.5 Å². The molecule has 1 amide bonds. The molecule has 9 heteroatoms. The molecule has 4 rings (SSSR count). The lowest BCUT2D eigenvalue weighted by Crippen LogP contribution is -2.15. The van der Waals surface area contributed by atoms with Gasteiger partial charge in [-0.1, -0.05) is 12.1 Å². The van der Waals surface area contributed by atoms with Crippen LogP contribution in [-0.4, -0.2) is 47.9 Å². The zero-order valence-corrected chi connectivity index (χ0v) is 16.5. The van der Waals surface area contributed by atoms with E-state index in [9.17, 15) is 9.59 Å². The quantitative estimate of drug-likeness (QED) is 0.455. The van der Waals surface area contributed by atoms with Crippen LogP contribution in [0, 0.1) is 0 Å². The first-order valence-electron chi connectivity index (χ1n) is 9.22. The molecule has 0 saturated heterocycles. The van der Waals surface area contributed by atoms with E-state index in [0.717, 1.165) is 0 Å². The fourth-order valence-corrected chi connectivity index (χ4v) is 3.14. The summed E-state index contributed by atoms with van der Waals surface area (Å²) in [4.78, 5) is 28.0. The Morgan fingerprint density at radius 3 is 2.77 bits per heavy atom. The van der Waals surface area contributed by atoms with Crippen molar-refractivity contribution in [3.63, 3.8) is 0 Å². The molecule has 0 fully saturated rings. The molecule has 0 radical (unpaired) electrons. The van der Waals surface area contributed by atoms with E-state index < -0.39 is 5.91 Å². The monoisotopic (exact) mass is 408 g/mol. The molecule has 2 aromatic carbocycles. The van der Waals surface area contributed by atoms with Crippen molar-refractivity contribution < 1.29 is 19.0 Å². The number of methoxy groups -OCH3 is 2. The van der Waals surface area contributed by atoms with Crippen LogP contribution in [0.4, 0.5) is 5.69 Å². The molecule has 2 aromatic heterocycles. The third-order valence-electron chi connectivity index (χ3n) is 4.59. The van der Waals surface area contributed by atoms with E-state index in [-0.39, 0.29) is 11.1 Å². The standard InChI is InChI=1S/C21H20N4O5/c1-28-9-10-30-18-11-13(7-8-17(18)29-2)23-21(27)15-12-22-25-16-6-4-3-5-14(16)20(26)24-19(15)25/h3-8,11-12H,9-10H2,1-2H3,(H,23,27)(H,24,26). The van der Waals surface area contributed by atoms with E-state index in [4.69, 9.17) is 14.2 Å². The van der Waals surface area contributed by atoms with Crippen LogP contribution in [0.1, 0.15) is 10.4 Å². The zero-order valence-electron chi connectivity index (χ0n) is 16.5. The first-order chi connectivity index (χ1) is 14.6. The van der Waals surface area contributed by atoms with Crippen LogP contribution in [0.5, 0.6) is 11.5 Å². The Balaban J connectivity index is 1.65. The Morgan fingerprint density at radius 2 is 1.97 bits per heavy atom. The third kappa shape index (κ3) is 3.58. The van der Waals surface area contributed by atoms with Gasteiger partial charge < -0.3 is 24.5 Å². The normalized spacial score (nSPS) is 11.0. The first-order valence-corrected chi connectivity index (χ1v) is 9.22. The highest BCUT2D eigenvalue weighted by atomic mass is 16.5. The molecule has 4 aromatic rings. The van der Waals surface area contributed by atoms with E-state index in [1.165, 1.54) is 13.3 Å². The van der Waals surface area contributed by atoms with E-state index in [1.807, 2.05) is 6.07 Å². The maximum atomic E-state index is 12.9. The number of hydrogen-bond acceptors (Lipinski definition) is 6. The maximum absolute atomic E-state index is 12.9. The summed E-state index contributed by atoms with van der Waals surface area (Å²) in [6.07, 6.45) is 1.42. The van der Waals surface area contributed by atoms with E-state index in [2.05, 4.69) is 15.4 Å². The van der Waals surface area contributed by atoms with Crippen LogP contribution in [0.15, 0.2) is 53.5 Å². The summed E-state index contributed by atoms with van der Waals surface area (Å²) in [5.74, 6) is 0.603. The van der Waals surface area contributed by atoms with Crippen LogP contribution in [0.25, 0.3) is 16.6 Å². The van der Waals surface area contributed by atoms with Gasteiger partial charge in [0.1, 0.15) is 17.8 Å². The number of nitrogens with zero attached hydrogens (tertiary/aromatic N) is 2. The van der Waals surface area contributed by atoms with Crippen LogP contribution in [0.2, 0.25) is 0 Å². The number of carbonyl (C=O) groups is 1. The number of nitrogens with one attached hydrogen (secondary N) is 2. The Morgan fingerprint density at radius 1 is 1.13 bits per heavy atom. The van der Waals surface area contributed by atoms with Crippen LogP contribution in [-0.2, 0) is 4.74 Å². The second-order valence-corrected chi connectivity index (χ2v) is 6.45. The highest BCUT2D eigenvalue weighted by Crippen LogP contribution is 2.30. The van der Waals surface area contributed by atoms with Crippen LogP contribution >= 0.6 is 0 Å². The lowest BCUT2D eigenvalue weighted by molar-refractivity contribution is 0.102. The van der Waals surface area contributed by atoms with Gasteiger partial charge in [-0.05, 0) is 24.3 Å². The average Bonchev–Trinajstić information content (AvgIpc) is 3.18. The predicted molar refractivity (Wildman–Crippen MR) is 112 cm³/mol. The number of benzene rings is 2. The van der Waals surface area contributed by atoms with E-state index >= 15 is 0 Å². The van der Waals surface area contributed by atoms with Gasteiger partial charge in [0.2, 0.25) is 0 Å². The van der Waals surface area contributed by atoms with Crippen LogP contribution in [0.3, 0.4) is 0 Å². The minimum Gasteiger partial charge on any atom is -0.493 e. The van der Waals surface area contributed by atoms with Crippen LogP contribution < -0.4 is 20.3 Å². The van der Waals surface area contributed by atoms with E-state index in [1.54, 1.807) is 48.0 Å². The molecular weight excluding hydrogens is 388 g/mol. The predicted octanol–water partition coefficient (Wildman–Crippen LogP) is 2.46. The van der Waals surface area contributed by atoms with Gasteiger partial charge in [0.05, 0.1) is 30.8 Å². The number of rotatable bonds is 7. The van der Waals surface area contributed by atoms with Gasteiger partial charge in [-0.3, -0.25) is 9.59 Å². The van der Waals surface area contributed by atoms with Gasteiger partial charge in [-0.2, -0.15) is 5.10 Å². The number of amides is 1. The highest BCUT2D eigenvalue weighted by Gasteiger charge is 2.17. The molecule has 0 aliphatic heterocycles. The average molecular weight is 408 g/mol. The Bertz CT molecular complexity index is 1280. The Labute approximate surface area is 171 Å². The Hall–Kier alpha value is -3.85. The van der Waals surface area contributed by atoms with Crippen molar-refractivity contribution in [2.75, 3.05) is 32.8 Å². The molecule has 0 unspecified atom stereocenters. The third-order valence-corrected chi connectivity index (χ3v) is 4.59.